The van der Waals surface area contributed by atoms with Gasteiger partial charge in [-0.15, -0.1) is 0 Å². The molecule has 1 N–H and O–H groups in total. The number of ether oxygens (including phenoxy) is 1. The Morgan fingerprint density at radius 3 is 2.59 bits per heavy atom. The molecule has 1 heterocycles. The van der Waals surface area contributed by atoms with Gasteiger partial charge in [-0.25, -0.2) is 0 Å². The van der Waals surface area contributed by atoms with Crippen LogP contribution in [-0.2, 0) is 0 Å². The number of methoxy groups -OCH3 is 1. The van der Waals surface area contributed by atoms with Crippen molar-refractivity contribution in [3.8, 4) is 5.75 Å². The first-order valence-electron chi connectivity index (χ1n) is 6.28. The van der Waals surface area contributed by atoms with E-state index in [1.54, 1.807) is 7.11 Å². The summed E-state index contributed by atoms with van der Waals surface area (Å²) in [5.41, 5.74) is 1.19. The topological polar surface area (TPSA) is 24.5 Å². The van der Waals surface area contributed by atoms with Crippen LogP contribution < -0.4 is 10.1 Å². The lowest BCUT2D eigenvalue weighted by atomic mass is 9.94. The van der Waals surface area contributed by atoms with Gasteiger partial charge in [0.05, 0.1) is 7.11 Å². The average Bonchev–Trinajstić information content (AvgIpc) is 2.34. The molecule has 0 saturated carbocycles. The Morgan fingerprint density at radius 1 is 1.29 bits per heavy atom. The lowest BCUT2D eigenvalue weighted by Gasteiger charge is -2.35. The maximum absolute atomic E-state index is 5.16. The Bertz CT molecular complexity index is 350. The number of benzene rings is 1. The maximum atomic E-state index is 5.16. The number of hydrogen-bond acceptors (Lipinski definition) is 3. The normalized spacial score (nSPS) is 25.6. The lowest BCUT2D eigenvalue weighted by Crippen LogP contribution is -2.43. The average molecular weight is 234 g/mol. The molecule has 0 radical (unpaired) electrons. The minimum absolute atomic E-state index is 0.583. The molecule has 0 aromatic heterocycles. The highest BCUT2D eigenvalue weighted by molar-refractivity contribution is 5.47. The molecule has 0 amide bonds. The molecule has 2 atom stereocenters. The van der Waals surface area contributed by atoms with Crippen LogP contribution in [0.15, 0.2) is 24.3 Å². The summed E-state index contributed by atoms with van der Waals surface area (Å²) in [4.78, 5) is 2.40. The van der Waals surface area contributed by atoms with Crippen molar-refractivity contribution in [3.63, 3.8) is 0 Å². The molecule has 3 heteroatoms. The van der Waals surface area contributed by atoms with E-state index in [0.29, 0.717) is 12.0 Å². The largest absolute Gasteiger partial charge is 0.497 e. The first-order chi connectivity index (χ1) is 8.19. The van der Waals surface area contributed by atoms with Crippen molar-refractivity contribution in [2.75, 3.05) is 32.6 Å². The molecule has 3 nitrogen and oxygen atoms in total. The van der Waals surface area contributed by atoms with Gasteiger partial charge in [-0.1, -0.05) is 6.92 Å². The molecule has 17 heavy (non-hydrogen) atoms. The zero-order valence-corrected chi connectivity index (χ0v) is 10.9. The van der Waals surface area contributed by atoms with Gasteiger partial charge in [0.15, 0.2) is 0 Å². The summed E-state index contributed by atoms with van der Waals surface area (Å²) in [7, 11) is 3.89. The van der Waals surface area contributed by atoms with E-state index < -0.39 is 0 Å². The van der Waals surface area contributed by atoms with Gasteiger partial charge in [0.2, 0.25) is 0 Å². The molecule has 1 aromatic carbocycles. The summed E-state index contributed by atoms with van der Waals surface area (Å²) >= 11 is 0. The van der Waals surface area contributed by atoms with Crippen molar-refractivity contribution in [3.05, 3.63) is 24.3 Å². The van der Waals surface area contributed by atoms with Crippen LogP contribution in [0.25, 0.3) is 0 Å². The third-order valence-electron chi connectivity index (χ3n) is 3.55. The zero-order chi connectivity index (χ0) is 12.3. The van der Waals surface area contributed by atoms with Gasteiger partial charge in [-0.2, -0.15) is 0 Å². The van der Waals surface area contributed by atoms with Crippen molar-refractivity contribution in [2.45, 2.75) is 19.4 Å². The summed E-state index contributed by atoms with van der Waals surface area (Å²) in [6.45, 7) is 4.67. The minimum atomic E-state index is 0.583. The number of anilines is 1. The molecule has 1 saturated heterocycles. The summed E-state index contributed by atoms with van der Waals surface area (Å²) < 4.78 is 5.16. The second kappa shape index (κ2) is 5.41. The van der Waals surface area contributed by atoms with Gasteiger partial charge in [0.25, 0.3) is 0 Å². The minimum Gasteiger partial charge on any atom is -0.497 e. The van der Waals surface area contributed by atoms with E-state index in [-0.39, 0.29) is 0 Å². The molecular weight excluding hydrogens is 212 g/mol. The van der Waals surface area contributed by atoms with E-state index in [4.69, 9.17) is 4.74 Å². The van der Waals surface area contributed by atoms with Crippen LogP contribution in [0.3, 0.4) is 0 Å². The van der Waals surface area contributed by atoms with Crippen LogP contribution in [0.2, 0.25) is 0 Å². The van der Waals surface area contributed by atoms with Crippen molar-refractivity contribution in [1.82, 2.24) is 4.90 Å². The fourth-order valence-electron chi connectivity index (χ4n) is 2.47. The highest BCUT2D eigenvalue weighted by atomic mass is 16.5. The van der Waals surface area contributed by atoms with Crippen LogP contribution in [-0.4, -0.2) is 38.2 Å². The monoisotopic (exact) mass is 234 g/mol. The fraction of sp³-hybridized carbons (Fsp3) is 0.571. The summed E-state index contributed by atoms with van der Waals surface area (Å²) in [6, 6.07) is 8.76. The molecule has 1 aromatic rings. The lowest BCUT2D eigenvalue weighted by molar-refractivity contribution is 0.206. The van der Waals surface area contributed by atoms with E-state index >= 15 is 0 Å². The molecule has 2 rings (SSSR count). The molecule has 94 valence electrons. The number of nitrogens with one attached hydrogen (secondary N) is 1. The van der Waals surface area contributed by atoms with Gasteiger partial charge in [0, 0.05) is 18.3 Å². The van der Waals surface area contributed by atoms with Crippen molar-refractivity contribution < 1.29 is 4.74 Å². The third-order valence-corrected chi connectivity index (χ3v) is 3.55. The van der Waals surface area contributed by atoms with Crippen LogP contribution in [0.5, 0.6) is 5.75 Å². The quantitative estimate of drug-likeness (QED) is 0.869. The van der Waals surface area contributed by atoms with Crippen LogP contribution >= 0.6 is 0 Å². The van der Waals surface area contributed by atoms with Crippen molar-refractivity contribution in [1.29, 1.82) is 0 Å². The number of piperidine rings is 1. The van der Waals surface area contributed by atoms with Crippen LogP contribution in [0, 0.1) is 5.92 Å². The Balaban J connectivity index is 1.95. The van der Waals surface area contributed by atoms with Gasteiger partial charge < -0.3 is 15.0 Å². The standard InChI is InChI=1S/C14H22N2O/c1-11-10-16(2)9-8-14(11)15-12-4-6-13(17-3)7-5-12/h4-7,11,14-15H,8-10H2,1-3H3/t11-,14+/m0/s1. The molecule has 1 aliphatic rings. The van der Waals surface area contributed by atoms with Crippen molar-refractivity contribution >= 4 is 5.69 Å². The van der Waals surface area contributed by atoms with E-state index in [0.717, 1.165) is 5.75 Å². The number of hydrogen-bond donors (Lipinski definition) is 1. The molecule has 0 unspecified atom stereocenters. The van der Waals surface area contributed by atoms with E-state index in [1.165, 1.54) is 25.2 Å². The SMILES string of the molecule is COc1ccc(N[C@@H]2CCN(C)C[C@@H]2C)cc1. The highest BCUT2D eigenvalue weighted by Gasteiger charge is 2.23. The van der Waals surface area contributed by atoms with Crippen LogP contribution in [0.4, 0.5) is 5.69 Å². The summed E-state index contributed by atoms with van der Waals surface area (Å²) in [5, 5.41) is 3.62. The molecule has 0 aliphatic carbocycles. The van der Waals surface area contributed by atoms with Crippen molar-refractivity contribution in [2.24, 2.45) is 5.92 Å². The molecule has 0 spiro atoms. The Hall–Kier alpha value is -1.22. The molecule has 0 bridgehead atoms. The predicted octanol–water partition coefficient (Wildman–Crippen LogP) is 2.45. The van der Waals surface area contributed by atoms with E-state index in [2.05, 4.69) is 36.3 Å². The van der Waals surface area contributed by atoms with E-state index in [9.17, 15) is 0 Å². The smallest absolute Gasteiger partial charge is 0.119 e. The number of nitrogens with zero attached hydrogens (tertiary/aromatic N) is 1. The fourth-order valence-corrected chi connectivity index (χ4v) is 2.47. The third kappa shape index (κ3) is 3.13. The van der Waals surface area contributed by atoms with E-state index in [1.807, 2.05) is 12.1 Å². The van der Waals surface area contributed by atoms with Gasteiger partial charge >= 0.3 is 0 Å². The first kappa shape index (κ1) is 12.2. The van der Waals surface area contributed by atoms with Crippen LogP contribution in [0.1, 0.15) is 13.3 Å². The first-order valence-corrected chi connectivity index (χ1v) is 6.28. The molecule has 1 fully saturated rings. The van der Waals surface area contributed by atoms with Gasteiger partial charge in [-0.3, -0.25) is 0 Å². The maximum Gasteiger partial charge on any atom is 0.119 e. The Kier molecular flexibility index (Phi) is 3.89. The second-order valence-corrected chi connectivity index (χ2v) is 5.01. The predicted molar refractivity (Wildman–Crippen MR) is 71.7 cm³/mol. The highest BCUT2D eigenvalue weighted by Crippen LogP contribution is 2.22. The second-order valence-electron chi connectivity index (χ2n) is 5.01. The molecular formula is C14H22N2O. The number of rotatable bonds is 3. The zero-order valence-electron chi connectivity index (χ0n) is 10.9. The summed E-state index contributed by atoms with van der Waals surface area (Å²) in [5.74, 6) is 1.60. The van der Waals surface area contributed by atoms with Gasteiger partial charge in [-0.05, 0) is 50.2 Å². The molecule has 1 aliphatic heterocycles. The summed E-state index contributed by atoms with van der Waals surface area (Å²) in [6.07, 6.45) is 1.21. The Morgan fingerprint density at radius 2 is 2.00 bits per heavy atom. The van der Waals surface area contributed by atoms with Gasteiger partial charge in [0.1, 0.15) is 5.75 Å². The number of likely N-dealkylation sites (tertiary alicyclic amines) is 1. The Labute approximate surface area is 104 Å².